The van der Waals surface area contributed by atoms with Crippen molar-refractivity contribution in [3.05, 3.63) is 58.7 Å². The molecule has 0 saturated carbocycles. The van der Waals surface area contributed by atoms with Gasteiger partial charge < -0.3 is 19.8 Å². The van der Waals surface area contributed by atoms with Crippen molar-refractivity contribution in [3.63, 3.8) is 0 Å². The third kappa shape index (κ3) is 6.89. The minimum Gasteiger partial charge on any atom is -0.481 e. The maximum atomic E-state index is 11.8. The highest BCUT2D eigenvalue weighted by Gasteiger charge is 2.30. The smallest absolute Gasteiger partial charge is 0.307 e. The summed E-state index contributed by atoms with van der Waals surface area (Å²) in [4.78, 5) is 26.5. The lowest BCUT2D eigenvalue weighted by atomic mass is 9.93. The first-order valence-electron chi connectivity index (χ1n) is 15.4. The van der Waals surface area contributed by atoms with Gasteiger partial charge in [-0.25, -0.2) is 14.6 Å². The average molecular weight is 663 g/mol. The summed E-state index contributed by atoms with van der Waals surface area (Å²) in [5, 5.41) is 25.5. The van der Waals surface area contributed by atoms with Crippen molar-refractivity contribution in [2.24, 2.45) is 7.05 Å². The van der Waals surface area contributed by atoms with E-state index in [1.165, 1.54) is 0 Å². The fraction of sp³-hybridized carbons (Fsp3) is 0.412. The number of fused-ring (bicyclic) bond motifs is 2. The monoisotopic (exact) mass is 662 g/mol. The fourth-order valence-electron chi connectivity index (χ4n) is 5.87. The van der Waals surface area contributed by atoms with Crippen LogP contribution < -0.4 is 4.90 Å². The molecule has 2 fully saturated rings. The lowest BCUT2D eigenvalue weighted by Gasteiger charge is -2.42. The Labute approximate surface area is 277 Å². The number of benzene rings is 2. The number of piperazine rings is 1. The van der Waals surface area contributed by atoms with Crippen molar-refractivity contribution in [2.45, 2.75) is 45.8 Å². The summed E-state index contributed by atoms with van der Waals surface area (Å²) in [6.45, 7) is 12.6. The maximum absolute atomic E-state index is 11.8. The molecule has 2 aliphatic heterocycles. The number of nitrogens with zero attached hydrogens (tertiary/aromatic N) is 6. The van der Waals surface area contributed by atoms with Crippen molar-refractivity contribution in [3.8, 4) is 21.7 Å². The second-order valence-electron chi connectivity index (χ2n) is 12.9. The first kappa shape index (κ1) is 32.3. The van der Waals surface area contributed by atoms with E-state index < -0.39 is 11.6 Å². The Kier molecular flexibility index (Phi) is 9.06. The zero-order chi connectivity index (χ0) is 32.7. The van der Waals surface area contributed by atoms with Crippen molar-refractivity contribution in [2.75, 3.05) is 44.3 Å². The molecule has 0 atom stereocenters. The number of pyridine rings is 1. The molecule has 2 aliphatic rings. The van der Waals surface area contributed by atoms with Crippen LogP contribution >= 0.6 is 22.9 Å². The predicted molar refractivity (Wildman–Crippen MR) is 184 cm³/mol. The number of halogens is 1. The molecule has 0 bridgehead atoms. The number of rotatable bonds is 6. The van der Waals surface area contributed by atoms with E-state index in [0.717, 1.165) is 99.3 Å². The summed E-state index contributed by atoms with van der Waals surface area (Å²) in [5.41, 5.74) is 5.60. The van der Waals surface area contributed by atoms with Crippen LogP contribution in [0.3, 0.4) is 0 Å². The Hall–Kier alpha value is -3.61. The van der Waals surface area contributed by atoms with Gasteiger partial charge in [-0.3, -0.25) is 9.69 Å². The first-order chi connectivity index (χ1) is 21.9. The number of ether oxygens (including phenoxy) is 1. The van der Waals surface area contributed by atoms with E-state index in [1.807, 2.05) is 55.2 Å². The minimum absolute atomic E-state index is 0.0689. The average Bonchev–Trinajstić information content (AvgIpc) is 3.53. The van der Waals surface area contributed by atoms with Crippen molar-refractivity contribution in [1.82, 2.24) is 24.6 Å². The molecule has 5 heterocycles. The van der Waals surface area contributed by atoms with Gasteiger partial charge in [-0.15, -0.1) is 11.3 Å². The number of carboxylic acids is 1. The molecular weight excluding hydrogens is 624 g/mol. The molecule has 2 N–H and O–H groups in total. The molecule has 0 aliphatic carbocycles. The Bertz CT molecular complexity index is 1880. The third-order valence-electron chi connectivity index (χ3n) is 8.13. The number of aliphatic carboxylic acids is 1. The number of aryl methyl sites for hydroxylation is 2. The Morgan fingerprint density at radius 1 is 1.09 bits per heavy atom. The third-order valence-corrected chi connectivity index (χ3v) is 9.52. The van der Waals surface area contributed by atoms with Crippen LogP contribution in [0.1, 0.15) is 31.9 Å². The van der Waals surface area contributed by atoms with E-state index in [9.17, 15) is 9.90 Å². The molecule has 12 heteroatoms. The fourth-order valence-corrected chi connectivity index (χ4v) is 7.11. The molecule has 242 valence electrons. The first-order valence-corrected chi connectivity index (χ1v) is 16.6. The van der Waals surface area contributed by atoms with E-state index >= 15 is 0 Å². The highest BCUT2D eigenvalue weighted by atomic mass is 35.5. The quantitative estimate of drug-likeness (QED) is 0.233. The largest absolute Gasteiger partial charge is 0.481 e. The summed E-state index contributed by atoms with van der Waals surface area (Å²) in [5.74, 6) is 0.0805. The Balaban J connectivity index is 0.000000692. The zero-order valence-corrected chi connectivity index (χ0v) is 28.3. The molecule has 3 aromatic heterocycles. The Morgan fingerprint density at radius 3 is 2.37 bits per heavy atom. The molecule has 10 nitrogen and oxygen atoms in total. The lowest BCUT2D eigenvalue weighted by Crippen LogP contribution is -2.56. The van der Waals surface area contributed by atoms with Gasteiger partial charge in [0.05, 0.1) is 46.9 Å². The van der Waals surface area contributed by atoms with Crippen LogP contribution in [0.4, 0.5) is 5.82 Å². The number of hydrogen-bond acceptors (Lipinski definition) is 9. The molecule has 0 radical (unpaired) electrons. The predicted octanol–water partition coefficient (Wildman–Crippen LogP) is 5.80. The number of anilines is 1. The number of aliphatic hydroxyl groups is 1. The molecule has 2 aromatic carbocycles. The number of carboxylic acid groups (broad SMARTS) is 1. The number of thiazole rings is 1. The normalized spacial score (nSPS) is 16.0. The van der Waals surface area contributed by atoms with Crippen LogP contribution in [0.25, 0.3) is 42.9 Å². The van der Waals surface area contributed by atoms with Gasteiger partial charge in [0.15, 0.2) is 11.5 Å². The topological polar surface area (TPSA) is 117 Å². The van der Waals surface area contributed by atoms with Crippen LogP contribution in [0, 0.1) is 6.92 Å². The number of hydrogen-bond donors (Lipinski definition) is 2. The van der Waals surface area contributed by atoms with E-state index in [-0.39, 0.29) is 6.42 Å². The summed E-state index contributed by atoms with van der Waals surface area (Å²) < 4.78 is 8.19. The molecule has 5 aromatic rings. The van der Waals surface area contributed by atoms with Crippen LogP contribution in [-0.2, 0) is 23.0 Å². The molecule has 0 unspecified atom stereocenters. The van der Waals surface area contributed by atoms with Crippen molar-refractivity contribution in [1.29, 1.82) is 0 Å². The van der Waals surface area contributed by atoms with E-state index in [1.54, 1.807) is 32.1 Å². The highest BCUT2D eigenvalue weighted by molar-refractivity contribution is 7.22. The molecular formula is C34H39ClN6O4S. The van der Waals surface area contributed by atoms with Gasteiger partial charge in [-0.1, -0.05) is 23.7 Å². The highest BCUT2D eigenvalue weighted by Crippen LogP contribution is 2.41. The Morgan fingerprint density at radius 2 is 1.76 bits per heavy atom. The van der Waals surface area contributed by atoms with E-state index in [0.29, 0.717) is 11.1 Å². The summed E-state index contributed by atoms with van der Waals surface area (Å²) in [7, 11) is 1.93. The SMILES string of the molecule is CC(C)(C)O.Cc1cc2nc(-c3cnc4c(c3)c(N3CCN(C5COC5)CC3)nn4C)sc2c(-c2ccc(Cl)cc2)c1CC(=O)O. The molecule has 7 rings (SSSR count). The van der Waals surface area contributed by atoms with Gasteiger partial charge in [0.25, 0.3) is 0 Å². The standard InChI is InChI=1S/C30H29ClN6O3S.C4H10O/c1-17-11-24-27(26(22(17)13-25(38)39)18-3-5-20(31)6-4-18)41-30(33-24)19-12-23-28(32-14-19)35(2)34-29(23)37-9-7-36(8-10-37)21-15-40-16-21;1-4(2,3)5/h3-6,11-12,14,21H,7-10,13,15-16H2,1-2H3,(H,38,39);5H,1-3H3. The van der Waals surface area contributed by atoms with Crippen LogP contribution in [0.5, 0.6) is 0 Å². The zero-order valence-electron chi connectivity index (χ0n) is 26.7. The number of carbonyl (C=O) groups is 1. The van der Waals surface area contributed by atoms with Crippen molar-refractivity contribution < 1.29 is 19.7 Å². The molecule has 46 heavy (non-hydrogen) atoms. The maximum Gasteiger partial charge on any atom is 0.307 e. The van der Waals surface area contributed by atoms with E-state index in [2.05, 4.69) is 15.9 Å². The lowest BCUT2D eigenvalue weighted by molar-refractivity contribution is -0.136. The number of aromatic nitrogens is 4. The van der Waals surface area contributed by atoms with Crippen molar-refractivity contribution >= 4 is 56.0 Å². The van der Waals surface area contributed by atoms with Gasteiger partial charge in [-0.2, -0.15) is 5.10 Å². The van der Waals surface area contributed by atoms with Gasteiger partial charge in [0, 0.05) is 55.6 Å². The van der Waals surface area contributed by atoms with Crippen LogP contribution in [0.2, 0.25) is 5.02 Å². The van der Waals surface area contributed by atoms with Gasteiger partial charge in [-0.05, 0) is 68.7 Å². The summed E-state index contributed by atoms with van der Waals surface area (Å²) in [6.07, 6.45) is 1.79. The van der Waals surface area contributed by atoms with Gasteiger partial charge >= 0.3 is 5.97 Å². The molecule has 0 amide bonds. The minimum atomic E-state index is -0.868. The van der Waals surface area contributed by atoms with E-state index in [4.69, 9.17) is 36.5 Å². The molecule has 0 spiro atoms. The van der Waals surface area contributed by atoms with Crippen LogP contribution in [0.15, 0.2) is 42.6 Å². The second-order valence-corrected chi connectivity index (χ2v) is 14.4. The summed E-state index contributed by atoms with van der Waals surface area (Å²) in [6, 6.07) is 12.2. The molecule has 2 saturated heterocycles. The second kappa shape index (κ2) is 12.9. The van der Waals surface area contributed by atoms with Gasteiger partial charge in [0.1, 0.15) is 5.01 Å². The van der Waals surface area contributed by atoms with Crippen LogP contribution in [-0.4, -0.2) is 91.9 Å². The van der Waals surface area contributed by atoms with Gasteiger partial charge in [0.2, 0.25) is 0 Å². The summed E-state index contributed by atoms with van der Waals surface area (Å²) >= 11 is 7.74.